The van der Waals surface area contributed by atoms with Gasteiger partial charge in [-0.2, -0.15) is 0 Å². The molecule has 0 radical (unpaired) electrons. The molecule has 1 saturated heterocycles. The number of para-hydroxylation sites is 1. The third-order valence-electron chi connectivity index (χ3n) is 5.53. The van der Waals surface area contributed by atoms with Gasteiger partial charge in [0.05, 0.1) is 24.8 Å². The van der Waals surface area contributed by atoms with Crippen molar-refractivity contribution in [2.24, 2.45) is 5.92 Å². The predicted molar refractivity (Wildman–Crippen MR) is 117 cm³/mol. The van der Waals surface area contributed by atoms with Gasteiger partial charge < -0.3 is 14.8 Å². The van der Waals surface area contributed by atoms with Crippen LogP contribution < -0.4 is 15.5 Å². The van der Waals surface area contributed by atoms with Crippen molar-refractivity contribution >= 4 is 22.7 Å². The number of aromatic nitrogens is 1. The van der Waals surface area contributed by atoms with Crippen LogP contribution in [-0.2, 0) is 16.1 Å². The lowest BCUT2D eigenvalue weighted by Crippen LogP contribution is -2.41. The second-order valence-corrected chi connectivity index (χ2v) is 7.87. The van der Waals surface area contributed by atoms with Crippen molar-refractivity contribution in [1.82, 2.24) is 15.8 Å². The minimum absolute atomic E-state index is 0.0807. The number of hydroxylamine groups is 1. The van der Waals surface area contributed by atoms with E-state index in [-0.39, 0.29) is 24.3 Å². The number of carbonyl (C=O) groups excluding carboxylic acids is 2. The molecule has 2 atom stereocenters. The molecule has 1 aliphatic heterocycles. The molecule has 32 heavy (non-hydrogen) atoms. The molecule has 0 unspecified atom stereocenters. The molecule has 8 nitrogen and oxygen atoms in total. The average molecular weight is 435 g/mol. The first kappa shape index (κ1) is 21.7. The third kappa shape index (κ3) is 5.04. The summed E-state index contributed by atoms with van der Waals surface area (Å²) in [5, 5.41) is 12.7. The Labute approximate surface area is 185 Å². The van der Waals surface area contributed by atoms with Crippen LogP contribution in [0.15, 0.2) is 54.6 Å². The van der Waals surface area contributed by atoms with Crippen molar-refractivity contribution in [1.29, 1.82) is 0 Å². The summed E-state index contributed by atoms with van der Waals surface area (Å²) in [6, 6.07) is 16.6. The van der Waals surface area contributed by atoms with E-state index in [9.17, 15) is 9.59 Å². The summed E-state index contributed by atoms with van der Waals surface area (Å²) in [5.41, 5.74) is 5.02. The summed E-state index contributed by atoms with van der Waals surface area (Å²) >= 11 is 0. The van der Waals surface area contributed by atoms with E-state index >= 15 is 0 Å². The minimum Gasteiger partial charge on any atom is -0.489 e. The summed E-state index contributed by atoms with van der Waals surface area (Å²) in [6.45, 7) is 3.03. The molecule has 166 valence electrons. The summed E-state index contributed by atoms with van der Waals surface area (Å²) in [6.07, 6.45) is 0.0807. The molecule has 1 aliphatic rings. The van der Waals surface area contributed by atoms with Gasteiger partial charge >= 0.3 is 0 Å². The molecule has 3 aromatic rings. The van der Waals surface area contributed by atoms with Gasteiger partial charge in [0.2, 0.25) is 5.91 Å². The summed E-state index contributed by atoms with van der Waals surface area (Å²) in [7, 11) is 0. The van der Waals surface area contributed by atoms with Crippen LogP contribution in [-0.4, -0.2) is 41.3 Å². The highest BCUT2D eigenvalue weighted by atomic mass is 16.5. The fourth-order valence-corrected chi connectivity index (χ4v) is 3.87. The summed E-state index contributed by atoms with van der Waals surface area (Å²) in [4.78, 5) is 28.6. The molecule has 0 saturated carbocycles. The van der Waals surface area contributed by atoms with E-state index in [2.05, 4.69) is 10.3 Å². The Morgan fingerprint density at radius 2 is 1.94 bits per heavy atom. The Hall–Kier alpha value is -3.49. The number of rotatable bonds is 7. The van der Waals surface area contributed by atoms with E-state index in [0.717, 1.165) is 22.2 Å². The molecular formula is C24H25N3O5. The minimum atomic E-state index is -0.501. The number of ether oxygens (including phenoxy) is 2. The van der Waals surface area contributed by atoms with Crippen molar-refractivity contribution < 1.29 is 24.3 Å². The first-order chi connectivity index (χ1) is 15.5. The summed E-state index contributed by atoms with van der Waals surface area (Å²) in [5.74, 6) is -0.287. The van der Waals surface area contributed by atoms with Gasteiger partial charge in [0.1, 0.15) is 12.4 Å². The molecule has 4 rings (SSSR count). The number of amides is 2. The molecule has 1 aromatic heterocycles. The Morgan fingerprint density at radius 3 is 2.72 bits per heavy atom. The smallest absolute Gasteiger partial charge is 0.251 e. The van der Waals surface area contributed by atoms with Gasteiger partial charge in [-0.3, -0.25) is 19.8 Å². The standard InChI is InChI=1S/C24H25N3O5/c1-15-10-17(20-4-2-3-5-21(20)25-15)13-32-19-8-6-16(7-9-19)24(29)26-22-14-31-12-18(22)11-23(28)27-30/h2-10,18,22,30H,11-14H2,1H3,(H,26,29)(H,27,28)/t18-,22+/m0/s1. The van der Waals surface area contributed by atoms with Crippen LogP contribution in [0.1, 0.15) is 28.0 Å². The number of carbonyl (C=O) groups is 2. The number of aryl methyl sites for hydroxylation is 1. The molecule has 2 aromatic carbocycles. The maximum absolute atomic E-state index is 12.6. The Kier molecular flexibility index (Phi) is 6.63. The van der Waals surface area contributed by atoms with Crippen molar-refractivity contribution in [3.05, 3.63) is 71.4 Å². The van der Waals surface area contributed by atoms with Crippen molar-refractivity contribution in [3.63, 3.8) is 0 Å². The largest absolute Gasteiger partial charge is 0.489 e. The van der Waals surface area contributed by atoms with Gasteiger partial charge in [-0.1, -0.05) is 18.2 Å². The van der Waals surface area contributed by atoms with Gasteiger partial charge in [-0.05, 0) is 43.3 Å². The lowest BCUT2D eigenvalue weighted by molar-refractivity contribution is -0.130. The first-order valence-corrected chi connectivity index (χ1v) is 10.4. The average Bonchev–Trinajstić information content (AvgIpc) is 3.23. The molecule has 1 fully saturated rings. The number of pyridine rings is 1. The van der Waals surface area contributed by atoms with E-state index < -0.39 is 5.91 Å². The van der Waals surface area contributed by atoms with E-state index in [0.29, 0.717) is 31.1 Å². The Morgan fingerprint density at radius 1 is 1.16 bits per heavy atom. The van der Waals surface area contributed by atoms with Gasteiger partial charge in [-0.25, -0.2) is 5.48 Å². The highest BCUT2D eigenvalue weighted by molar-refractivity contribution is 5.94. The lowest BCUT2D eigenvalue weighted by atomic mass is 9.99. The highest BCUT2D eigenvalue weighted by Crippen LogP contribution is 2.22. The van der Waals surface area contributed by atoms with E-state index in [1.807, 2.05) is 37.3 Å². The van der Waals surface area contributed by atoms with Crippen LogP contribution in [0.5, 0.6) is 5.75 Å². The lowest BCUT2D eigenvalue weighted by Gasteiger charge is -2.18. The number of fused-ring (bicyclic) bond motifs is 1. The topological polar surface area (TPSA) is 110 Å². The van der Waals surface area contributed by atoms with Crippen LogP contribution in [0.25, 0.3) is 10.9 Å². The van der Waals surface area contributed by atoms with Crippen LogP contribution in [0.3, 0.4) is 0 Å². The molecular weight excluding hydrogens is 410 g/mol. The quantitative estimate of drug-likeness (QED) is 0.389. The first-order valence-electron chi connectivity index (χ1n) is 10.4. The molecule has 2 amide bonds. The zero-order chi connectivity index (χ0) is 22.5. The van der Waals surface area contributed by atoms with Crippen LogP contribution in [0, 0.1) is 12.8 Å². The zero-order valence-electron chi connectivity index (χ0n) is 17.7. The number of nitrogens with one attached hydrogen (secondary N) is 2. The highest BCUT2D eigenvalue weighted by Gasteiger charge is 2.31. The van der Waals surface area contributed by atoms with Crippen molar-refractivity contribution in [2.45, 2.75) is 26.0 Å². The molecule has 0 aliphatic carbocycles. The molecule has 8 heteroatoms. The van der Waals surface area contributed by atoms with E-state index in [1.54, 1.807) is 29.7 Å². The number of hydrogen-bond donors (Lipinski definition) is 3. The molecule has 2 heterocycles. The van der Waals surface area contributed by atoms with Crippen LogP contribution in [0.2, 0.25) is 0 Å². The van der Waals surface area contributed by atoms with E-state index in [1.165, 1.54) is 0 Å². The van der Waals surface area contributed by atoms with Crippen LogP contribution >= 0.6 is 0 Å². The monoisotopic (exact) mass is 435 g/mol. The fraction of sp³-hybridized carbons (Fsp3) is 0.292. The second kappa shape index (κ2) is 9.76. The second-order valence-electron chi connectivity index (χ2n) is 7.87. The van der Waals surface area contributed by atoms with Gasteiger partial charge in [0, 0.05) is 34.5 Å². The van der Waals surface area contributed by atoms with Gasteiger partial charge in [0.15, 0.2) is 0 Å². The van der Waals surface area contributed by atoms with Crippen molar-refractivity contribution in [3.8, 4) is 5.75 Å². The molecule has 3 N–H and O–H groups in total. The zero-order valence-corrected chi connectivity index (χ0v) is 17.7. The van der Waals surface area contributed by atoms with Crippen LogP contribution in [0.4, 0.5) is 0 Å². The molecule has 0 bridgehead atoms. The summed E-state index contributed by atoms with van der Waals surface area (Å²) < 4.78 is 11.3. The maximum atomic E-state index is 12.6. The predicted octanol–water partition coefficient (Wildman–Crippen LogP) is 2.76. The normalized spacial score (nSPS) is 17.8. The number of hydrogen-bond acceptors (Lipinski definition) is 6. The van der Waals surface area contributed by atoms with E-state index in [4.69, 9.17) is 14.7 Å². The maximum Gasteiger partial charge on any atom is 0.251 e. The number of nitrogens with zero attached hydrogens (tertiary/aromatic N) is 1. The van der Waals surface area contributed by atoms with Gasteiger partial charge in [0.25, 0.3) is 5.91 Å². The fourth-order valence-electron chi connectivity index (χ4n) is 3.87. The molecule has 0 spiro atoms. The van der Waals surface area contributed by atoms with Crippen molar-refractivity contribution in [2.75, 3.05) is 13.2 Å². The SMILES string of the molecule is Cc1cc(COc2ccc(C(=O)N[C@@H]3COC[C@@H]3CC(=O)NO)cc2)c2ccccc2n1. The third-order valence-corrected chi connectivity index (χ3v) is 5.53. The van der Waals surface area contributed by atoms with Gasteiger partial charge in [-0.15, -0.1) is 0 Å². The Bertz CT molecular complexity index is 1120. The Balaban J connectivity index is 1.37. The number of benzene rings is 2.